The minimum Gasteiger partial charge on any atom is -0.489 e. The number of hydrogen-bond acceptors (Lipinski definition) is 2. The highest BCUT2D eigenvalue weighted by molar-refractivity contribution is 5.89. The summed E-state index contributed by atoms with van der Waals surface area (Å²) in [5.74, 6) is 0.742. The van der Waals surface area contributed by atoms with Crippen molar-refractivity contribution >= 4 is 11.6 Å². The minimum atomic E-state index is -0.0808. The Hall–Kier alpha value is -2.29. The summed E-state index contributed by atoms with van der Waals surface area (Å²) in [6.07, 6.45) is 0. The lowest BCUT2D eigenvalue weighted by molar-refractivity contribution is -0.114. The van der Waals surface area contributed by atoms with E-state index in [1.807, 2.05) is 55.5 Å². The van der Waals surface area contributed by atoms with Gasteiger partial charge in [0.25, 0.3) is 0 Å². The SMILES string of the molecule is CC(=O)Nc1ccccc1COc1ccc(C)cc1. The van der Waals surface area contributed by atoms with Crippen molar-refractivity contribution in [2.45, 2.75) is 20.5 Å². The molecule has 0 aliphatic carbocycles. The molecule has 19 heavy (non-hydrogen) atoms. The first-order valence-electron chi connectivity index (χ1n) is 6.20. The Bertz CT molecular complexity index is 561. The molecule has 0 bridgehead atoms. The maximum absolute atomic E-state index is 11.1. The second-order valence-electron chi connectivity index (χ2n) is 4.44. The smallest absolute Gasteiger partial charge is 0.221 e. The molecule has 0 unspecified atom stereocenters. The largest absolute Gasteiger partial charge is 0.489 e. The first-order valence-corrected chi connectivity index (χ1v) is 6.20. The molecule has 2 aromatic rings. The van der Waals surface area contributed by atoms with E-state index in [1.54, 1.807) is 0 Å². The second-order valence-corrected chi connectivity index (χ2v) is 4.44. The molecule has 0 saturated carbocycles. The van der Waals surface area contributed by atoms with Crippen LogP contribution in [0.2, 0.25) is 0 Å². The summed E-state index contributed by atoms with van der Waals surface area (Å²) in [6, 6.07) is 15.5. The normalized spacial score (nSPS) is 10.0. The lowest BCUT2D eigenvalue weighted by atomic mass is 10.2. The number of amides is 1. The quantitative estimate of drug-likeness (QED) is 0.907. The van der Waals surface area contributed by atoms with Crippen molar-refractivity contribution < 1.29 is 9.53 Å². The molecule has 0 heterocycles. The Morgan fingerprint density at radius 3 is 2.47 bits per heavy atom. The van der Waals surface area contributed by atoms with Crippen LogP contribution in [0.3, 0.4) is 0 Å². The van der Waals surface area contributed by atoms with Gasteiger partial charge in [-0.2, -0.15) is 0 Å². The fraction of sp³-hybridized carbons (Fsp3) is 0.188. The van der Waals surface area contributed by atoms with Crippen molar-refractivity contribution in [1.82, 2.24) is 0 Å². The summed E-state index contributed by atoms with van der Waals surface area (Å²) in [6.45, 7) is 3.97. The highest BCUT2D eigenvalue weighted by atomic mass is 16.5. The number of hydrogen-bond donors (Lipinski definition) is 1. The molecule has 0 saturated heterocycles. The van der Waals surface area contributed by atoms with E-state index in [0.29, 0.717) is 6.61 Å². The Morgan fingerprint density at radius 2 is 1.79 bits per heavy atom. The van der Waals surface area contributed by atoms with Crippen LogP contribution in [0.1, 0.15) is 18.1 Å². The van der Waals surface area contributed by atoms with Gasteiger partial charge in [0.2, 0.25) is 5.91 Å². The van der Waals surface area contributed by atoms with E-state index in [2.05, 4.69) is 5.32 Å². The number of carbonyl (C=O) groups excluding carboxylic acids is 1. The minimum absolute atomic E-state index is 0.0808. The zero-order valence-corrected chi connectivity index (χ0v) is 11.1. The van der Waals surface area contributed by atoms with E-state index in [-0.39, 0.29) is 5.91 Å². The van der Waals surface area contributed by atoms with Crippen LogP contribution in [0.25, 0.3) is 0 Å². The molecule has 0 atom stereocenters. The zero-order valence-electron chi connectivity index (χ0n) is 11.1. The number of aryl methyl sites for hydroxylation is 1. The molecule has 2 aromatic carbocycles. The van der Waals surface area contributed by atoms with Crippen molar-refractivity contribution in [3.8, 4) is 5.75 Å². The Balaban J connectivity index is 2.06. The first kappa shape index (κ1) is 13.1. The van der Waals surface area contributed by atoms with E-state index in [4.69, 9.17) is 4.74 Å². The van der Waals surface area contributed by atoms with Gasteiger partial charge in [-0.25, -0.2) is 0 Å². The molecular formula is C16H17NO2. The van der Waals surface area contributed by atoms with Gasteiger partial charge in [0.15, 0.2) is 0 Å². The number of anilines is 1. The average molecular weight is 255 g/mol. The molecule has 2 rings (SSSR count). The predicted octanol–water partition coefficient (Wildman–Crippen LogP) is 3.53. The maximum atomic E-state index is 11.1. The fourth-order valence-electron chi connectivity index (χ4n) is 1.75. The molecule has 3 heteroatoms. The van der Waals surface area contributed by atoms with Crippen LogP contribution in [0.5, 0.6) is 5.75 Å². The molecule has 0 spiro atoms. The van der Waals surface area contributed by atoms with Crippen LogP contribution < -0.4 is 10.1 Å². The van der Waals surface area contributed by atoms with Gasteiger partial charge in [-0.1, -0.05) is 35.9 Å². The van der Waals surface area contributed by atoms with E-state index < -0.39 is 0 Å². The van der Waals surface area contributed by atoms with Crippen molar-refractivity contribution in [2.75, 3.05) is 5.32 Å². The van der Waals surface area contributed by atoms with Crippen LogP contribution in [0.4, 0.5) is 5.69 Å². The van der Waals surface area contributed by atoms with Gasteiger partial charge in [-0.15, -0.1) is 0 Å². The Kier molecular flexibility index (Phi) is 4.18. The van der Waals surface area contributed by atoms with Crippen molar-refractivity contribution in [2.24, 2.45) is 0 Å². The number of ether oxygens (including phenoxy) is 1. The van der Waals surface area contributed by atoms with Crippen LogP contribution in [-0.2, 0) is 11.4 Å². The van der Waals surface area contributed by atoms with Crippen LogP contribution in [-0.4, -0.2) is 5.91 Å². The number of para-hydroxylation sites is 1. The molecule has 0 aliphatic rings. The van der Waals surface area contributed by atoms with E-state index in [1.165, 1.54) is 12.5 Å². The third-order valence-electron chi connectivity index (χ3n) is 2.74. The molecule has 0 aliphatic heterocycles. The highest BCUT2D eigenvalue weighted by Gasteiger charge is 2.04. The Morgan fingerprint density at radius 1 is 1.11 bits per heavy atom. The van der Waals surface area contributed by atoms with Crippen LogP contribution in [0, 0.1) is 6.92 Å². The van der Waals surface area contributed by atoms with Gasteiger partial charge in [0, 0.05) is 18.2 Å². The summed E-state index contributed by atoms with van der Waals surface area (Å²) in [5.41, 5.74) is 2.95. The van der Waals surface area contributed by atoms with Gasteiger partial charge in [0.05, 0.1) is 0 Å². The van der Waals surface area contributed by atoms with Crippen molar-refractivity contribution in [3.63, 3.8) is 0 Å². The Labute approximate surface area is 113 Å². The average Bonchev–Trinajstić information content (AvgIpc) is 2.39. The summed E-state index contributed by atoms with van der Waals surface area (Å²) >= 11 is 0. The summed E-state index contributed by atoms with van der Waals surface area (Å²) in [5, 5.41) is 2.80. The molecule has 0 aromatic heterocycles. The lowest BCUT2D eigenvalue weighted by Crippen LogP contribution is -2.09. The standard InChI is InChI=1S/C16H17NO2/c1-12-7-9-15(10-8-12)19-11-14-5-3-4-6-16(14)17-13(2)18/h3-10H,11H2,1-2H3,(H,17,18). The molecule has 0 fully saturated rings. The van der Waals surface area contributed by atoms with Gasteiger partial charge >= 0.3 is 0 Å². The van der Waals surface area contributed by atoms with Gasteiger partial charge in [-0.05, 0) is 25.1 Å². The third kappa shape index (κ3) is 3.85. The number of carbonyl (C=O) groups is 1. The topological polar surface area (TPSA) is 38.3 Å². The molecule has 0 radical (unpaired) electrons. The van der Waals surface area contributed by atoms with Crippen molar-refractivity contribution in [3.05, 3.63) is 59.7 Å². The van der Waals surface area contributed by atoms with Crippen molar-refractivity contribution in [1.29, 1.82) is 0 Å². The monoisotopic (exact) mass is 255 g/mol. The van der Waals surface area contributed by atoms with E-state index in [0.717, 1.165) is 17.0 Å². The fourth-order valence-corrected chi connectivity index (χ4v) is 1.75. The van der Waals surface area contributed by atoms with E-state index in [9.17, 15) is 4.79 Å². The molecule has 1 amide bonds. The lowest BCUT2D eigenvalue weighted by Gasteiger charge is -2.11. The third-order valence-corrected chi connectivity index (χ3v) is 2.74. The van der Waals surface area contributed by atoms with Crippen LogP contribution >= 0.6 is 0 Å². The first-order chi connectivity index (χ1) is 9.15. The van der Waals surface area contributed by atoms with E-state index >= 15 is 0 Å². The number of benzene rings is 2. The maximum Gasteiger partial charge on any atom is 0.221 e. The molecule has 98 valence electrons. The summed E-state index contributed by atoms with van der Waals surface area (Å²) in [7, 11) is 0. The van der Waals surface area contributed by atoms with Gasteiger partial charge in [-0.3, -0.25) is 4.79 Å². The van der Waals surface area contributed by atoms with Gasteiger partial charge in [0.1, 0.15) is 12.4 Å². The number of nitrogens with one attached hydrogen (secondary N) is 1. The predicted molar refractivity (Wildman–Crippen MR) is 76.3 cm³/mol. The van der Waals surface area contributed by atoms with Crippen LogP contribution in [0.15, 0.2) is 48.5 Å². The number of rotatable bonds is 4. The highest BCUT2D eigenvalue weighted by Crippen LogP contribution is 2.19. The zero-order chi connectivity index (χ0) is 13.7. The molecule has 1 N–H and O–H groups in total. The summed E-state index contributed by atoms with van der Waals surface area (Å²) in [4.78, 5) is 11.1. The molecular weight excluding hydrogens is 238 g/mol. The molecule has 3 nitrogen and oxygen atoms in total. The second kappa shape index (κ2) is 6.05. The van der Waals surface area contributed by atoms with Gasteiger partial charge < -0.3 is 10.1 Å². The summed E-state index contributed by atoms with van der Waals surface area (Å²) < 4.78 is 5.72.